The lowest BCUT2D eigenvalue weighted by atomic mass is 10.0. The standard InChI is InChI=1S/C17H28N6S/c1-14-6-3-4-8-22(14)9-5-7-19-16(18-2)20-12-15-13-23-10-11-24-17(23)21-15/h10-11,13-14H,3-9,12H2,1-2H3,(H2,18,19,20). The van der Waals surface area contributed by atoms with Gasteiger partial charge in [0.1, 0.15) is 0 Å². The minimum Gasteiger partial charge on any atom is -0.356 e. The highest BCUT2D eigenvalue weighted by atomic mass is 32.1. The minimum absolute atomic E-state index is 0.692. The van der Waals surface area contributed by atoms with Crippen molar-refractivity contribution >= 4 is 22.3 Å². The van der Waals surface area contributed by atoms with E-state index in [1.165, 1.54) is 32.4 Å². The molecule has 1 fully saturated rings. The van der Waals surface area contributed by atoms with Gasteiger partial charge in [-0.25, -0.2) is 4.98 Å². The molecule has 1 aliphatic heterocycles. The van der Waals surface area contributed by atoms with Gasteiger partial charge < -0.3 is 15.5 Å². The van der Waals surface area contributed by atoms with Gasteiger partial charge in [-0.05, 0) is 32.7 Å². The summed E-state index contributed by atoms with van der Waals surface area (Å²) < 4.78 is 2.05. The summed E-state index contributed by atoms with van der Waals surface area (Å²) in [5.41, 5.74) is 1.03. The van der Waals surface area contributed by atoms with Crippen molar-refractivity contribution in [2.75, 3.05) is 26.7 Å². The topological polar surface area (TPSA) is 57.0 Å². The molecule has 1 atom stereocenters. The largest absolute Gasteiger partial charge is 0.356 e. The van der Waals surface area contributed by atoms with E-state index in [0.717, 1.165) is 35.6 Å². The summed E-state index contributed by atoms with van der Waals surface area (Å²) >= 11 is 1.65. The van der Waals surface area contributed by atoms with E-state index in [1.807, 2.05) is 18.6 Å². The summed E-state index contributed by atoms with van der Waals surface area (Å²) in [6, 6.07) is 0.742. The smallest absolute Gasteiger partial charge is 0.193 e. The van der Waals surface area contributed by atoms with E-state index in [-0.39, 0.29) is 0 Å². The van der Waals surface area contributed by atoms with Gasteiger partial charge in [0.25, 0.3) is 0 Å². The van der Waals surface area contributed by atoms with E-state index in [0.29, 0.717) is 6.54 Å². The van der Waals surface area contributed by atoms with Crippen LogP contribution in [-0.2, 0) is 6.54 Å². The van der Waals surface area contributed by atoms with Crippen LogP contribution in [0.25, 0.3) is 4.96 Å². The van der Waals surface area contributed by atoms with E-state index in [2.05, 4.69) is 43.0 Å². The van der Waals surface area contributed by atoms with Gasteiger partial charge in [0, 0.05) is 44.0 Å². The van der Waals surface area contributed by atoms with Crippen molar-refractivity contribution < 1.29 is 0 Å². The van der Waals surface area contributed by atoms with Crippen molar-refractivity contribution in [1.82, 2.24) is 24.9 Å². The third-order valence-corrected chi connectivity index (χ3v) is 5.43. The summed E-state index contributed by atoms with van der Waals surface area (Å²) in [5, 5.41) is 8.78. The first-order valence-corrected chi connectivity index (χ1v) is 9.74. The Kier molecular flexibility index (Phi) is 6.09. The quantitative estimate of drug-likeness (QED) is 0.478. The molecule has 0 saturated carbocycles. The van der Waals surface area contributed by atoms with Crippen molar-refractivity contribution in [2.45, 2.75) is 45.2 Å². The number of nitrogens with zero attached hydrogens (tertiary/aromatic N) is 4. The second-order valence-corrected chi connectivity index (χ2v) is 7.28. The third-order valence-electron chi connectivity index (χ3n) is 4.66. The van der Waals surface area contributed by atoms with E-state index >= 15 is 0 Å². The maximum atomic E-state index is 4.57. The highest BCUT2D eigenvalue weighted by Crippen LogP contribution is 2.16. The van der Waals surface area contributed by atoms with Crippen molar-refractivity contribution in [3.05, 3.63) is 23.5 Å². The molecule has 0 aliphatic carbocycles. The highest BCUT2D eigenvalue weighted by Gasteiger charge is 2.17. The fourth-order valence-electron chi connectivity index (χ4n) is 3.23. The van der Waals surface area contributed by atoms with Crippen LogP contribution in [0.15, 0.2) is 22.8 Å². The zero-order valence-electron chi connectivity index (χ0n) is 14.7. The normalized spacial score (nSPS) is 19.8. The Hall–Kier alpha value is -1.60. The third kappa shape index (κ3) is 4.48. The molecule has 1 aliphatic rings. The molecule has 0 spiro atoms. The zero-order chi connectivity index (χ0) is 16.8. The average molecular weight is 349 g/mol. The highest BCUT2D eigenvalue weighted by molar-refractivity contribution is 7.15. The van der Waals surface area contributed by atoms with Gasteiger partial charge in [-0.3, -0.25) is 9.39 Å². The molecule has 132 valence electrons. The number of nitrogens with one attached hydrogen (secondary N) is 2. The van der Waals surface area contributed by atoms with Crippen LogP contribution in [0.2, 0.25) is 0 Å². The van der Waals surface area contributed by atoms with Crippen LogP contribution in [-0.4, -0.2) is 53.0 Å². The molecule has 6 nitrogen and oxygen atoms in total. The predicted molar refractivity (Wildman–Crippen MR) is 101 cm³/mol. The Bertz CT molecular complexity index is 632. The first kappa shape index (κ1) is 17.2. The molecule has 1 unspecified atom stereocenters. The van der Waals surface area contributed by atoms with E-state index in [9.17, 15) is 0 Å². The number of rotatable bonds is 6. The number of thiazole rings is 1. The lowest BCUT2D eigenvalue weighted by Crippen LogP contribution is -2.41. The van der Waals surface area contributed by atoms with Crippen molar-refractivity contribution in [3.63, 3.8) is 0 Å². The predicted octanol–water partition coefficient (Wildman–Crippen LogP) is 2.33. The van der Waals surface area contributed by atoms with Crippen molar-refractivity contribution in [1.29, 1.82) is 0 Å². The van der Waals surface area contributed by atoms with Gasteiger partial charge >= 0.3 is 0 Å². The second kappa shape index (κ2) is 8.48. The molecule has 24 heavy (non-hydrogen) atoms. The van der Waals surface area contributed by atoms with Gasteiger partial charge in [0.2, 0.25) is 0 Å². The lowest BCUT2D eigenvalue weighted by molar-refractivity contribution is 0.159. The number of aliphatic imine (C=N–C) groups is 1. The van der Waals surface area contributed by atoms with Crippen LogP contribution in [0.1, 0.15) is 38.3 Å². The van der Waals surface area contributed by atoms with Gasteiger partial charge in [-0.2, -0.15) is 0 Å². The number of guanidine groups is 1. The summed E-state index contributed by atoms with van der Waals surface area (Å²) in [4.78, 5) is 12.5. The van der Waals surface area contributed by atoms with Crippen LogP contribution < -0.4 is 10.6 Å². The maximum Gasteiger partial charge on any atom is 0.193 e. The molecule has 0 bridgehead atoms. The molecule has 3 heterocycles. The Labute approximate surface area is 148 Å². The monoisotopic (exact) mass is 348 g/mol. The lowest BCUT2D eigenvalue weighted by Gasteiger charge is -2.33. The Morgan fingerprint density at radius 1 is 1.42 bits per heavy atom. The zero-order valence-corrected chi connectivity index (χ0v) is 15.5. The van der Waals surface area contributed by atoms with Crippen molar-refractivity contribution in [2.24, 2.45) is 4.99 Å². The molecular formula is C17H28N6S. The fourth-order valence-corrected chi connectivity index (χ4v) is 3.95. The summed E-state index contributed by atoms with van der Waals surface area (Å²) in [6.45, 7) is 6.41. The molecular weight excluding hydrogens is 320 g/mol. The molecule has 1 saturated heterocycles. The van der Waals surface area contributed by atoms with E-state index in [1.54, 1.807) is 11.3 Å². The number of likely N-dealkylation sites (tertiary alicyclic amines) is 1. The Morgan fingerprint density at radius 2 is 2.33 bits per heavy atom. The summed E-state index contributed by atoms with van der Waals surface area (Å²) in [5.74, 6) is 0.845. The number of fused-ring (bicyclic) bond motifs is 1. The van der Waals surface area contributed by atoms with Gasteiger partial charge in [0.15, 0.2) is 10.9 Å². The van der Waals surface area contributed by atoms with Gasteiger partial charge in [-0.1, -0.05) is 6.42 Å². The van der Waals surface area contributed by atoms with E-state index in [4.69, 9.17) is 0 Å². The Balaban J connectivity index is 1.36. The first-order chi connectivity index (χ1) is 11.8. The summed E-state index contributed by atoms with van der Waals surface area (Å²) in [7, 11) is 1.81. The van der Waals surface area contributed by atoms with Crippen LogP contribution in [0.3, 0.4) is 0 Å². The molecule has 3 rings (SSSR count). The minimum atomic E-state index is 0.692. The molecule has 2 aromatic heterocycles. The van der Waals surface area contributed by atoms with E-state index < -0.39 is 0 Å². The Morgan fingerprint density at radius 3 is 3.12 bits per heavy atom. The molecule has 7 heteroatoms. The molecule has 2 N–H and O–H groups in total. The number of aromatic nitrogens is 2. The number of imidazole rings is 1. The number of piperidine rings is 1. The maximum absolute atomic E-state index is 4.57. The van der Waals surface area contributed by atoms with Gasteiger partial charge in [-0.15, -0.1) is 11.3 Å². The van der Waals surface area contributed by atoms with Crippen molar-refractivity contribution in [3.8, 4) is 0 Å². The molecule has 2 aromatic rings. The SMILES string of the molecule is CN=C(NCCCN1CCCCC1C)NCc1cn2ccsc2n1. The van der Waals surface area contributed by atoms with Gasteiger partial charge in [0.05, 0.1) is 12.2 Å². The van der Waals surface area contributed by atoms with Crippen LogP contribution in [0.4, 0.5) is 0 Å². The average Bonchev–Trinajstić information content (AvgIpc) is 3.17. The fraction of sp³-hybridized carbons (Fsp3) is 0.647. The second-order valence-electron chi connectivity index (χ2n) is 6.41. The molecule has 0 aromatic carbocycles. The molecule has 0 radical (unpaired) electrons. The summed E-state index contributed by atoms with van der Waals surface area (Å²) in [6.07, 6.45) is 9.32. The van der Waals surface area contributed by atoms with Crippen LogP contribution in [0, 0.1) is 0 Å². The van der Waals surface area contributed by atoms with Crippen LogP contribution >= 0.6 is 11.3 Å². The first-order valence-electron chi connectivity index (χ1n) is 8.86. The number of hydrogen-bond acceptors (Lipinski definition) is 4. The number of hydrogen-bond donors (Lipinski definition) is 2. The molecule has 0 amide bonds. The van der Waals surface area contributed by atoms with Crippen LogP contribution in [0.5, 0.6) is 0 Å².